The van der Waals surface area contributed by atoms with E-state index in [0.717, 1.165) is 36.5 Å². The molecule has 0 N–H and O–H groups in total. The molecule has 30 heavy (non-hydrogen) atoms. The summed E-state index contributed by atoms with van der Waals surface area (Å²) in [5.41, 5.74) is 2.20. The second-order valence-electron chi connectivity index (χ2n) is 6.90. The average Bonchev–Trinajstić information content (AvgIpc) is 3.41. The summed E-state index contributed by atoms with van der Waals surface area (Å²) in [6.45, 7) is 0.949. The average molecular weight is 485 g/mol. The van der Waals surface area contributed by atoms with Crippen molar-refractivity contribution < 1.29 is 4.74 Å². The highest BCUT2D eigenvalue weighted by atomic mass is 79.9. The number of methoxy groups -OCH3 is 1. The highest BCUT2D eigenvalue weighted by molar-refractivity contribution is 9.10. The van der Waals surface area contributed by atoms with E-state index < -0.39 is 0 Å². The lowest BCUT2D eigenvalue weighted by Crippen LogP contribution is -2.24. The van der Waals surface area contributed by atoms with Gasteiger partial charge in [-0.1, -0.05) is 12.1 Å². The third kappa shape index (κ3) is 3.21. The van der Waals surface area contributed by atoms with Crippen molar-refractivity contribution in [2.75, 3.05) is 7.11 Å². The van der Waals surface area contributed by atoms with E-state index in [0.29, 0.717) is 18.6 Å². The maximum absolute atomic E-state index is 13.2. The van der Waals surface area contributed by atoms with Gasteiger partial charge < -0.3 is 9.30 Å². The van der Waals surface area contributed by atoms with Crippen LogP contribution in [0.4, 0.5) is 0 Å². The molecule has 5 aromatic rings. The lowest BCUT2D eigenvalue weighted by Gasteiger charge is -2.07. The van der Waals surface area contributed by atoms with Crippen molar-refractivity contribution in [3.05, 3.63) is 68.3 Å². The van der Waals surface area contributed by atoms with Crippen molar-refractivity contribution in [3.8, 4) is 5.75 Å². The summed E-state index contributed by atoms with van der Waals surface area (Å²) < 4.78 is 12.3. The van der Waals surface area contributed by atoms with Crippen molar-refractivity contribution in [2.45, 2.75) is 13.1 Å². The first-order valence-electron chi connectivity index (χ1n) is 9.18. The van der Waals surface area contributed by atoms with Gasteiger partial charge >= 0.3 is 0 Å². The van der Waals surface area contributed by atoms with E-state index >= 15 is 0 Å². The van der Waals surface area contributed by atoms with Crippen LogP contribution in [0.1, 0.15) is 10.6 Å². The van der Waals surface area contributed by atoms with Crippen molar-refractivity contribution in [1.29, 1.82) is 0 Å². The van der Waals surface area contributed by atoms with Crippen molar-refractivity contribution in [2.24, 2.45) is 7.05 Å². The van der Waals surface area contributed by atoms with Gasteiger partial charge in [-0.05, 0) is 33.6 Å². The Bertz CT molecular complexity index is 1450. The first-order chi connectivity index (χ1) is 14.5. The van der Waals surface area contributed by atoms with Gasteiger partial charge in [0, 0.05) is 18.6 Å². The zero-order valence-corrected chi connectivity index (χ0v) is 18.6. The molecule has 8 nitrogen and oxygen atoms in total. The van der Waals surface area contributed by atoms with Crippen LogP contribution in [0.25, 0.3) is 21.3 Å². The fourth-order valence-corrected chi connectivity index (χ4v) is 4.95. The Kier molecular flexibility index (Phi) is 4.67. The Hall–Kier alpha value is -2.98. The predicted octanol–water partition coefficient (Wildman–Crippen LogP) is 3.41. The van der Waals surface area contributed by atoms with Gasteiger partial charge in [0.25, 0.3) is 5.56 Å². The predicted molar refractivity (Wildman–Crippen MR) is 119 cm³/mol. The molecule has 0 saturated carbocycles. The number of aryl methyl sites for hydroxylation is 1. The summed E-state index contributed by atoms with van der Waals surface area (Å²) in [6, 6.07) is 7.63. The second kappa shape index (κ2) is 7.37. The number of aromatic nitrogens is 6. The van der Waals surface area contributed by atoms with E-state index in [4.69, 9.17) is 9.72 Å². The standard InChI is InChI=1S/C20H17BrN6O2S/c1-25-17-15(18-19(25)24-16(30-18)11-26-10-13(21)7-22-26)8-23-27(20(17)28)9-12-4-3-5-14(6-12)29-2/h3-8,10H,9,11H2,1-2H3. The Morgan fingerprint density at radius 2 is 2.07 bits per heavy atom. The number of thiazole rings is 1. The number of halogens is 1. The molecule has 0 unspecified atom stereocenters. The normalized spacial score (nSPS) is 11.6. The molecule has 0 aliphatic rings. The fraction of sp³-hybridized carbons (Fsp3) is 0.200. The quantitative estimate of drug-likeness (QED) is 0.381. The van der Waals surface area contributed by atoms with Gasteiger partial charge in [-0.25, -0.2) is 9.67 Å². The lowest BCUT2D eigenvalue weighted by atomic mass is 10.2. The molecule has 0 bridgehead atoms. The number of hydrogen-bond acceptors (Lipinski definition) is 6. The van der Waals surface area contributed by atoms with Crippen LogP contribution in [0, 0.1) is 0 Å². The van der Waals surface area contributed by atoms with Crippen LogP contribution in [0.3, 0.4) is 0 Å². The summed E-state index contributed by atoms with van der Waals surface area (Å²) in [5, 5.41) is 10.5. The number of benzene rings is 1. The van der Waals surface area contributed by atoms with Crippen LogP contribution >= 0.6 is 27.3 Å². The summed E-state index contributed by atoms with van der Waals surface area (Å²) in [4.78, 5) is 17.9. The number of hydrogen-bond donors (Lipinski definition) is 0. The first-order valence-corrected chi connectivity index (χ1v) is 10.8. The molecule has 4 heterocycles. The third-order valence-corrected chi connectivity index (χ3v) is 6.41. The molecule has 0 fully saturated rings. The Balaban J connectivity index is 1.54. The highest BCUT2D eigenvalue weighted by Gasteiger charge is 2.18. The van der Waals surface area contributed by atoms with Crippen LogP contribution < -0.4 is 10.3 Å². The molecular formula is C20H17BrN6O2S. The van der Waals surface area contributed by atoms with Crippen LogP contribution in [0.2, 0.25) is 0 Å². The Labute approximate surface area is 183 Å². The SMILES string of the molecule is COc1cccc(Cn2ncc3c4sc(Cn5cc(Br)cn5)nc4n(C)c3c2=O)c1. The lowest BCUT2D eigenvalue weighted by molar-refractivity contribution is 0.414. The van der Waals surface area contributed by atoms with Crippen LogP contribution in [-0.2, 0) is 20.1 Å². The molecule has 0 aliphatic carbocycles. The van der Waals surface area contributed by atoms with Gasteiger partial charge in [-0.15, -0.1) is 11.3 Å². The smallest absolute Gasteiger partial charge is 0.291 e. The van der Waals surface area contributed by atoms with E-state index in [1.165, 1.54) is 4.68 Å². The zero-order chi connectivity index (χ0) is 20.8. The van der Waals surface area contributed by atoms with Gasteiger partial charge in [-0.2, -0.15) is 10.2 Å². The van der Waals surface area contributed by atoms with E-state index in [2.05, 4.69) is 26.1 Å². The molecule has 0 spiro atoms. The van der Waals surface area contributed by atoms with E-state index in [1.807, 2.05) is 46.8 Å². The Morgan fingerprint density at radius 1 is 1.20 bits per heavy atom. The van der Waals surface area contributed by atoms with Crippen LogP contribution in [0.15, 0.2) is 52.1 Å². The van der Waals surface area contributed by atoms with Gasteiger partial charge in [-0.3, -0.25) is 9.48 Å². The monoisotopic (exact) mass is 484 g/mol. The van der Waals surface area contributed by atoms with Crippen LogP contribution in [0.5, 0.6) is 5.75 Å². The van der Waals surface area contributed by atoms with E-state index in [-0.39, 0.29) is 5.56 Å². The van der Waals surface area contributed by atoms with Crippen molar-refractivity contribution >= 4 is 48.5 Å². The number of rotatable bonds is 5. The topological polar surface area (TPSA) is 79.8 Å². The van der Waals surface area contributed by atoms with E-state index in [1.54, 1.807) is 30.8 Å². The van der Waals surface area contributed by atoms with Crippen molar-refractivity contribution in [3.63, 3.8) is 0 Å². The molecule has 0 aliphatic heterocycles. The van der Waals surface area contributed by atoms with Gasteiger partial charge in [0.2, 0.25) is 0 Å². The summed E-state index contributed by atoms with van der Waals surface area (Å²) in [5.74, 6) is 0.752. The molecule has 5 rings (SSSR count). The Morgan fingerprint density at radius 3 is 2.83 bits per heavy atom. The number of nitrogens with zero attached hydrogens (tertiary/aromatic N) is 6. The molecule has 0 amide bonds. The van der Waals surface area contributed by atoms with Gasteiger partial charge in [0.15, 0.2) is 5.65 Å². The summed E-state index contributed by atoms with van der Waals surface area (Å²) in [6.07, 6.45) is 5.41. The zero-order valence-electron chi connectivity index (χ0n) is 16.2. The largest absolute Gasteiger partial charge is 0.497 e. The third-order valence-electron chi connectivity index (χ3n) is 4.94. The first kappa shape index (κ1) is 19.0. The molecule has 152 valence electrons. The minimum atomic E-state index is -0.138. The molecule has 0 saturated heterocycles. The second-order valence-corrected chi connectivity index (χ2v) is 8.90. The molecular weight excluding hydrogens is 468 g/mol. The molecule has 0 atom stereocenters. The summed E-state index contributed by atoms with van der Waals surface area (Å²) in [7, 11) is 3.49. The maximum Gasteiger partial charge on any atom is 0.291 e. The molecule has 4 aromatic heterocycles. The summed E-state index contributed by atoms with van der Waals surface area (Å²) >= 11 is 4.97. The van der Waals surface area contributed by atoms with Crippen LogP contribution in [-0.4, -0.2) is 36.2 Å². The van der Waals surface area contributed by atoms with Gasteiger partial charge in [0.05, 0.1) is 41.8 Å². The number of ether oxygens (including phenoxy) is 1. The molecule has 10 heteroatoms. The molecule has 0 radical (unpaired) electrons. The minimum absolute atomic E-state index is 0.138. The van der Waals surface area contributed by atoms with Gasteiger partial charge in [0.1, 0.15) is 16.3 Å². The van der Waals surface area contributed by atoms with E-state index in [9.17, 15) is 4.79 Å². The number of fused-ring (bicyclic) bond motifs is 3. The maximum atomic E-state index is 13.2. The highest BCUT2D eigenvalue weighted by Crippen LogP contribution is 2.31. The minimum Gasteiger partial charge on any atom is -0.497 e. The fourth-order valence-electron chi connectivity index (χ4n) is 3.52. The molecule has 1 aromatic carbocycles. The van der Waals surface area contributed by atoms with Crippen molar-refractivity contribution in [1.82, 2.24) is 29.1 Å².